The molecule has 0 N–H and O–H groups in total. The maximum absolute atomic E-state index is 5.82. The minimum absolute atomic E-state index is 0.122. The molecular formula is C21H31N3O2. The van der Waals surface area contributed by atoms with Crippen molar-refractivity contribution in [3.8, 4) is 11.5 Å². The first-order valence-electron chi connectivity index (χ1n) is 9.07. The van der Waals surface area contributed by atoms with Crippen LogP contribution in [0.1, 0.15) is 25.0 Å². The van der Waals surface area contributed by atoms with E-state index in [-0.39, 0.29) is 6.10 Å². The zero-order valence-corrected chi connectivity index (χ0v) is 16.6. The van der Waals surface area contributed by atoms with E-state index in [1.54, 1.807) is 7.11 Å². The molecule has 0 spiro atoms. The van der Waals surface area contributed by atoms with Crippen molar-refractivity contribution >= 4 is 0 Å². The van der Waals surface area contributed by atoms with Crippen molar-refractivity contribution in [2.45, 2.75) is 33.0 Å². The quantitative estimate of drug-likeness (QED) is 0.651. The molecule has 0 fully saturated rings. The first-order valence-corrected chi connectivity index (χ1v) is 9.07. The molecule has 26 heavy (non-hydrogen) atoms. The van der Waals surface area contributed by atoms with E-state index in [0.29, 0.717) is 0 Å². The molecule has 0 aliphatic rings. The van der Waals surface area contributed by atoms with Crippen LogP contribution in [0, 0.1) is 0 Å². The number of likely N-dealkylation sites (N-methyl/N-ethyl adjacent to an activating group) is 1. The van der Waals surface area contributed by atoms with Crippen LogP contribution in [0.4, 0.5) is 0 Å². The summed E-state index contributed by atoms with van der Waals surface area (Å²) in [5.41, 5.74) is 2.43. The molecule has 0 saturated carbocycles. The van der Waals surface area contributed by atoms with Crippen LogP contribution in [-0.2, 0) is 13.1 Å². The van der Waals surface area contributed by atoms with E-state index in [1.165, 1.54) is 11.1 Å². The third kappa shape index (κ3) is 6.65. The second-order valence-electron chi connectivity index (χ2n) is 7.03. The van der Waals surface area contributed by atoms with E-state index in [9.17, 15) is 0 Å². The van der Waals surface area contributed by atoms with Gasteiger partial charge in [-0.15, -0.1) is 0 Å². The second kappa shape index (κ2) is 10.1. The van der Waals surface area contributed by atoms with Gasteiger partial charge in [-0.2, -0.15) is 0 Å². The average molecular weight is 357 g/mol. The summed E-state index contributed by atoms with van der Waals surface area (Å²) in [7, 11) is 5.89. The number of ether oxygens (including phenoxy) is 2. The van der Waals surface area contributed by atoms with Crippen molar-refractivity contribution in [3.05, 3.63) is 53.9 Å². The van der Waals surface area contributed by atoms with Gasteiger partial charge < -0.3 is 14.4 Å². The molecule has 0 aliphatic carbocycles. The highest BCUT2D eigenvalue weighted by Gasteiger charge is 2.12. The zero-order chi connectivity index (χ0) is 18.9. The molecule has 5 heteroatoms. The van der Waals surface area contributed by atoms with Gasteiger partial charge in [-0.1, -0.05) is 12.1 Å². The summed E-state index contributed by atoms with van der Waals surface area (Å²) in [6.07, 6.45) is 3.87. The molecule has 0 bridgehead atoms. The lowest BCUT2D eigenvalue weighted by atomic mass is 10.1. The van der Waals surface area contributed by atoms with E-state index in [0.717, 1.165) is 37.7 Å². The maximum atomic E-state index is 5.82. The predicted octanol–water partition coefficient (Wildman–Crippen LogP) is 3.44. The molecule has 0 radical (unpaired) electrons. The van der Waals surface area contributed by atoms with Crippen LogP contribution >= 0.6 is 0 Å². The lowest BCUT2D eigenvalue weighted by molar-refractivity contribution is 0.222. The standard InChI is InChI=1S/C21H31N3O2/c1-17(2)26-20-9-8-18(13-21(20)25-5)15-24(12-11-23(3)4)16-19-7-6-10-22-14-19/h6-10,13-14,17H,11-12,15-16H2,1-5H3. The third-order valence-corrected chi connectivity index (χ3v) is 3.99. The number of benzene rings is 1. The minimum Gasteiger partial charge on any atom is -0.493 e. The Morgan fingerprint density at radius 2 is 1.77 bits per heavy atom. The van der Waals surface area contributed by atoms with Crippen molar-refractivity contribution in [2.24, 2.45) is 0 Å². The van der Waals surface area contributed by atoms with Crippen molar-refractivity contribution in [1.29, 1.82) is 0 Å². The van der Waals surface area contributed by atoms with Crippen molar-refractivity contribution < 1.29 is 9.47 Å². The van der Waals surface area contributed by atoms with E-state index >= 15 is 0 Å². The minimum atomic E-state index is 0.122. The summed E-state index contributed by atoms with van der Waals surface area (Å²) >= 11 is 0. The summed E-state index contributed by atoms with van der Waals surface area (Å²) in [6, 6.07) is 10.3. The number of rotatable bonds is 10. The molecule has 5 nitrogen and oxygen atoms in total. The Labute approximate surface area is 157 Å². The van der Waals surface area contributed by atoms with Crippen LogP contribution in [-0.4, -0.2) is 55.2 Å². The molecule has 142 valence electrons. The highest BCUT2D eigenvalue weighted by molar-refractivity contribution is 5.43. The van der Waals surface area contributed by atoms with Gasteiger partial charge in [-0.05, 0) is 57.3 Å². The van der Waals surface area contributed by atoms with Crippen molar-refractivity contribution in [2.75, 3.05) is 34.3 Å². The Hall–Kier alpha value is -2.11. The van der Waals surface area contributed by atoms with E-state index in [1.807, 2.05) is 38.4 Å². The van der Waals surface area contributed by atoms with Gasteiger partial charge in [0, 0.05) is 38.6 Å². The monoisotopic (exact) mass is 357 g/mol. The largest absolute Gasteiger partial charge is 0.493 e. The summed E-state index contributed by atoms with van der Waals surface area (Å²) in [6.45, 7) is 7.74. The average Bonchev–Trinajstić information content (AvgIpc) is 2.61. The Balaban J connectivity index is 2.12. The predicted molar refractivity (Wildman–Crippen MR) is 106 cm³/mol. The third-order valence-electron chi connectivity index (χ3n) is 3.99. The van der Waals surface area contributed by atoms with Crippen molar-refractivity contribution in [3.63, 3.8) is 0 Å². The summed E-state index contributed by atoms with van der Waals surface area (Å²) in [4.78, 5) is 8.86. The summed E-state index contributed by atoms with van der Waals surface area (Å²) in [5, 5.41) is 0. The van der Waals surface area contributed by atoms with Gasteiger partial charge in [0.15, 0.2) is 11.5 Å². The Morgan fingerprint density at radius 3 is 2.38 bits per heavy atom. The maximum Gasteiger partial charge on any atom is 0.161 e. The Morgan fingerprint density at radius 1 is 1.00 bits per heavy atom. The molecule has 1 aromatic carbocycles. The first kappa shape index (κ1) is 20.2. The molecule has 0 saturated heterocycles. The van der Waals surface area contributed by atoms with E-state index < -0.39 is 0 Å². The smallest absolute Gasteiger partial charge is 0.161 e. The van der Waals surface area contributed by atoms with Crippen LogP contribution in [0.5, 0.6) is 11.5 Å². The second-order valence-corrected chi connectivity index (χ2v) is 7.03. The summed E-state index contributed by atoms with van der Waals surface area (Å²) in [5.74, 6) is 1.57. The number of pyridine rings is 1. The molecule has 0 amide bonds. The molecule has 1 heterocycles. The Bertz CT molecular complexity index is 660. The fourth-order valence-electron chi connectivity index (χ4n) is 2.73. The zero-order valence-electron chi connectivity index (χ0n) is 16.6. The van der Waals surface area contributed by atoms with Crippen LogP contribution in [0.2, 0.25) is 0 Å². The molecule has 2 rings (SSSR count). The summed E-state index contributed by atoms with van der Waals surface area (Å²) < 4.78 is 11.3. The fourth-order valence-corrected chi connectivity index (χ4v) is 2.73. The van der Waals surface area contributed by atoms with Gasteiger partial charge in [-0.3, -0.25) is 9.88 Å². The first-order chi connectivity index (χ1) is 12.5. The van der Waals surface area contributed by atoms with Gasteiger partial charge in [0.1, 0.15) is 0 Å². The van der Waals surface area contributed by atoms with Crippen molar-refractivity contribution in [1.82, 2.24) is 14.8 Å². The number of aromatic nitrogens is 1. The highest BCUT2D eigenvalue weighted by atomic mass is 16.5. The van der Waals surface area contributed by atoms with E-state index in [2.05, 4.69) is 47.1 Å². The number of hydrogen-bond donors (Lipinski definition) is 0. The van der Waals surface area contributed by atoms with Crippen LogP contribution in [0.25, 0.3) is 0 Å². The van der Waals surface area contributed by atoms with Gasteiger partial charge in [-0.25, -0.2) is 0 Å². The van der Waals surface area contributed by atoms with Crippen LogP contribution in [0.3, 0.4) is 0 Å². The normalized spacial score (nSPS) is 11.4. The van der Waals surface area contributed by atoms with E-state index in [4.69, 9.17) is 9.47 Å². The fraction of sp³-hybridized carbons (Fsp3) is 0.476. The number of methoxy groups -OCH3 is 1. The van der Waals surface area contributed by atoms with Gasteiger partial charge in [0.05, 0.1) is 13.2 Å². The topological polar surface area (TPSA) is 37.8 Å². The molecule has 2 aromatic rings. The lowest BCUT2D eigenvalue weighted by Gasteiger charge is -2.24. The van der Waals surface area contributed by atoms with Gasteiger partial charge >= 0.3 is 0 Å². The molecule has 0 aliphatic heterocycles. The molecule has 0 unspecified atom stereocenters. The Kier molecular flexibility index (Phi) is 7.88. The van der Waals surface area contributed by atoms with Gasteiger partial charge in [0.2, 0.25) is 0 Å². The van der Waals surface area contributed by atoms with Crippen LogP contribution < -0.4 is 9.47 Å². The molecule has 1 aromatic heterocycles. The van der Waals surface area contributed by atoms with Crippen LogP contribution in [0.15, 0.2) is 42.7 Å². The highest BCUT2D eigenvalue weighted by Crippen LogP contribution is 2.29. The SMILES string of the molecule is COc1cc(CN(CCN(C)C)Cc2cccnc2)ccc1OC(C)C. The lowest BCUT2D eigenvalue weighted by Crippen LogP contribution is -2.31. The number of nitrogens with zero attached hydrogens (tertiary/aromatic N) is 3. The molecule has 0 atom stereocenters. The molecular weight excluding hydrogens is 326 g/mol. The number of hydrogen-bond acceptors (Lipinski definition) is 5. The van der Waals surface area contributed by atoms with Gasteiger partial charge in [0.25, 0.3) is 0 Å².